The Bertz CT molecular complexity index is 603. The molecule has 1 N–H and O–H groups in total. The standard InChI is InChI=1S/C17H20ClNO2/c1-17(2,3)15-8-13(10-20)9-16(19-15)21-11-12-4-6-14(18)7-5-12/h4-9,20H,10-11H2,1-3H3. The third-order valence-corrected chi connectivity index (χ3v) is 3.36. The zero-order valence-corrected chi connectivity index (χ0v) is 13.3. The molecule has 0 aliphatic rings. The highest BCUT2D eigenvalue weighted by Gasteiger charge is 2.17. The van der Waals surface area contributed by atoms with Crippen LogP contribution in [-0.2, 0) is 18.6 Å². The second-order valence-corrected chi connectivity index (χ2v) is 6.46. The first kappa shape index (κ1) is 15.8. The van der Waals surface area contributed by atoms with Gasteiger partial charge in [0.2, 0.25) is 5.88 Å². The van der Waals surface area contributed by atoms with E-state index in [0.717, 1.165) is 16.8 Å². The SMILES string of the molecule is CC(C)(C)c1cc(CO)cc(OCc2ccc(Cl)cc2)n1. The summed E-state index contributed by atoms with van der Waals surface area (Å²) in [6.07, 6.45) is 0. The van der Waals surface area contributed by atoms with Crippen molar-refractivity contribution < 1.29 is 9.84 Å². The summed E-state index contributed by atoms with van der Waals surface area (Å²) in [5, 5.41) is 10.1. The Morgan fingerprint density at radius 1 is 1.10 bits per heavy atom. The van der Waals surface area contributed by atoms with E-state index >= 15 is 0 Å². The van der Waals surface area contributed by atoms with E-state index in [-0.39, 0.29) is 12.0 Å². The molecule has 0 spiro atoms. The largest absolute Gasteiger partial charge is 0.473 e. The lowest BCUT2D eigenvalue weighted by molar-refractivity contribution is 0.273. The molecule has 1 heterocycles. The van der Waals surface area contributed by atoms with Gasteiger partial charge >= 0.3 is 0 Å². The molecule has 0 aliphatic carbocycles. The van der Waals surface area contributed by atoms with Crippen molar-refractivity contribution >= 4 is 11.6 Å². The third-order valence-electron chi connectivity index (χ3n) is 3.11. The molecule has 1 aromatic heterocycles. The van der Waals surface area contributed by atoms with Crippen molar-refractivity contribution in [1.82, 2.24) is 4.98 Å². The summed E-state index contributed by atoms with van der Waals surface area (Å²) in [5.41, 5.74) is 2.64. The van der Waals surface area contributed by atoms with Crippen molar-refractivity contribution in [3.05, 3.63) is 58.2 Å². The van der Waals surface area contributed by atoms with Crippen LogP contribution in [0.2, 0.25) is 5.02 Å². The van der Waals surface area contributed by atoms with Gasteiger partial charge in [0, 0.05) is 16.5 Å². The summed E-state index contributed by atoms with van der Waals surface area (Å²) in [6.45, 7) is 6.64. The lowest BCUT2D eigenvalue weighted by Gasteiger charge is -2.19. The fourth-order valence-electron chi connectivity index (χ4n) is 1.85. The van der Waals surface area contributed by atoms with Gasteiger partial charge in [-0.15, -0.1) is 0 Å². The number of pyridine rings is 1. The summed E-state index contributed by atoms with van der Waals surface area (Å²) in [4.78, 5) is 4.53. The Kier molecular flexibility index (Phi) is 4.86. The molecule has 0 unspecified atom stereocenters. The van der Waals surface area contributed by atoms with Gasteiger partial charge in [-0.05, 0) is 29.3 Å². The highest BCUT2D eigenvalue weighted by molar-refractivity contribution is 6.30. The molecule has 2 rings (SSSR count). The van der Waals surface area contributed by atoms with Gasteiger partial charge in [0.25, 0.3) is 0 Å². The Labute approximate surface area is 130 Å². The Morgan fingerprint density at radius 3 is 2.33 bits per heavy atom. The Morgan fingerprint density at radius 2 is 1.76 bits per heavy atom. The normalized spacial score (nSPS) is 11.5. The molecule has 0 bridgehead atoms. The number of rotatable bonds is 4. The van der Waals surface area contributed by atoms with Crippen LogP contribution in [0.5, 0.6) is 5.88 Å². The quantitative estimate of drug-likeness (QED) is 0.924. The van der Waals surface area contributed by atoms with Crippen molar-refractivity contribution in [1.29, 1.82) is 0 Å². The van der Waals surface area contributed by atoms with Crippen LogP contribution < -0.4 is 4.74 Å². The van der Waals surface area contributed by atoms with Gasteiger partial charge in [-0.3, -0.25) is 0 Å². The van der Waals surface area contributed by atoms with Crippen molar-refractivity contribution in [3.63, 3.8) is 0 Å². The predicted molar refractivity (Wildman–Crippen MR) is 84.6 cm³/mol. The smallest absolute Gasteiger partial charge is 0.214 e. The van der Waals surface area contributed by atoms with Crippen molar-refractivity contribution in [3.8, 4) is 5.88 Å². The number of ether oxygens (including phenoxy) is 1. The lowest BCUT2D eigenvalue weighted by atomic mass is 9.91. The highest BCUT2D eigenvalue weighted by Crippen LogP contribution is 2.24. The molecule has 2 aromatic rings. The summed E-state index contributed by atoms with van der Waals surface area (Å²) in [5.74, 6) is 0.529. The van der Waals surface area contributed by atoms with Gasteiger partial charge < -0.3 is 9.84 Å². The summed E-state index contributed by atoms with van der Waals surface area (Å²) < 4.78 is 5.74. The monoisotopic (exact) mass is 305 g/mol. The minimum Gasteiger partial charge on any atom is -0.473 e. The lowest BCUT2D eigenvalue weighted by Crippen LogP contribution is -2.15. The van der Waals surface area contributed by atoms with Gasteiger partial charge in [-0.25, -0.2) is 4.98 Å². The average Bonchev–Trinajstić information content (AvgIpc) is 2.45. The second-order valence-electron chi connectivity index (χ2n) is 6.02. The first-order valence-corrected chi connectivity index (χ1v) is 7.26. The van der Waals surface area contributed by atoms with Crippen LogP contribution in [0.15, 0.2) is 36.4 Å². The van der Waals surface area contributed by atoms with E-state index in [4.69, 9.17) is 16.3 Å². The molecular weight excluding hydrogens is 286 g/mol. The van der Waals surface area contributed by atoms with Gasteiger partial charge in [-0.1, -0.05) is 44.5 Å². The summed E-state index contributed by atoms with van der Waals surface area (Å²) in [6, 6.07) is 11.2. The number of benzene rings is 1. The molecule has 3 nitrogen and oxygen atoms in total. The van der Waals surface area contributed by atoms with Crippen molar-refractivity contribution in [2.45, 2.75) is 39.4 Å². The van der Waals surface area contributed by atoms with Crippen LogP contribution in [0.25, 0.3) is 0 Å². The molecule has 0 aliphatic heterocycles. The molecule has 1 aromatic carbocycles. The minimum atomic E-state index is -0.0937. The Balaban J connectivity index is 2.17. The van der Waals surface area contributed by atoms with Crippen molar-refractivity contribution in [2.75, 3.05) is 0 Å². The molecule has 0 amide bonds. The summed E-state index contributed by atoms with van der Waals surface area (Å²) in [7, 11) is 0. The maximum absolute atomic E-state index is 9.37. The number of hydrogen-bond donors (Lipinski definition) is 1. The second kappa shape index (κ2) is 6.46. The van der Waals surface area contributed by atoms with Crippen LogP contribution in [-0.4, -0.2) is 10.1 Å². The molecule has 4 heteroatoms. The van der Waals surface area contributed by atoms with Crippen LogP contribution in [0, 0.1) is 0 Å². The number of aliphatic hydroxyl groups is 1. The molecule has 21 heavy (non-hydrogen) atoms. The van der Waals surface area contributed by atoms with Gasteiger partial charge in [0.05, 0.1) is 12.3 Å². The number of aliphatic hydroxyl groups excluding tert-OH is 1. The number of halogens is 1. The van der Waals surface area contributed by atoms with Crippen LogP contribution in [0.4, 0.5) is 0 Å². The van der Waals surface area contributed by atoms with Crippen molar-refractivity contribution in [2.24, 2.45) is 0 Å². The van der Waals surface area contributed by atoms with E-state index in [9.17, 15) is 5.11 Å². The van der Waals surface area contributed by atoms with Crippen LogP contribution in [0.3, 0.4) is 0 Å². The maximum atomic E-state index is 9.37. The fourth-order valence-corrected chi connectivity index (χ4v) is 1.97. The molecule has 0 saturated carbocycles. The third kappa shape index (κ3) is 4.45. The van der Waals surface area contributed by atoms with Gasteiger partial charge in [0.1, 0.15) is 6.61 Å². The first-order valence-electron chi connectivity index (χ1n) is 6.88. The van der Waals surface area contributed by atoms with E-state index in [1.165, 1.54) is 0 Å². The Hall–Kier alpha value is -1.58. The van der Waals surface area contributed by atoms with Gasteiger partial charge in [-0.2, -0.15) is 0 Å². The summed E-state index contributed by atoms with van der Waals surface area (Å²) >= 11 is 5.86. The predicted octanol–water partition coefficient (Wildman–Crippen LogP) is 4.10. The van der Waals surface area contributed by atoms with Crippen LogP contribution >= 0.6 is 11.6 Å². The minimum absolute atomic E-state index is 0.0249. The fraction of sp³-hybridized carbons (Fsp3) is 0.353. The molecule has 0 radical (unpaired) electrons. The van der Waals surface area contributed by atoms with E-state index < -0.39 is 0 Å². The van der Waals surface area contributed by atoms with E-state index in [2.05, 4.69) is 25.8 Å². The van der Waals surface area contributed by atoms with E-state index in [1.54, 1.807) is 6.07 Å². The topological polar surface area (TPSA) is 42.4 Å². The zero-order valence-electron chi connectivity index (χ0n) is 12.6. The molecule has 112 valence electrons. The van der Waals surface area contributed by atoms with Gasteiger partial charge in [0.15, 0.2) is 0 Å². The van der Waals surface area contributed by atoms with E-state index in [0.29, 0.717) is 17.5 Å². The molecule has 0 saturated heterocycles. The number of aromatic nitrogens is 1. The number of hydrogen-bond acceptors (Lipinski definition) is 3. The molecule has 0 atom stereocenters. The van der Waals surface area contributed by atoms with E-state index in [1.807, 2.05) is 30.3 Å². The molecule has 0 fully saturated rings. The zero-order chi connectivity index (χ0) is 15.5. The number of nitrogens with zero attached hydrogens (tertiary/aromatic N) is 1. The maximum Gasteiger partial charge on any atom is 0.214 e. The first-order chi connectivity index (χ1) is 9.88. The highest BCUT2D eigenvalue weighted by atomic mass is 35.5. The molecular formula is C17H20ClNO2. The average molecular weight is 306 g/mol. The van der Waals surface area contributed by atoms with Crippen LogP contribution in [0.1, 0.15) is 37.6 Å².